The fraction of sp³-hybridized carbons (Fsp3) is 0.800. The van der Waals surface area contributed by atoms with Gasteiger partial charge in [-0.1, -0.05) is 12.8 Å². The van der Waals surface area contributed by atoms with Gasteiger partial charge in [0.2, 0.25) is 0 Å². The molecule has 3 nitrogen and oxygen atoms in total. The number of ketones is 1. The number of carbonyl (C=O) groups excluding carboxylic acids is 1. The van der Waals surface area contributed by atoms with E-state index in [-0.39, 0.29) is 6.04 Å². The summed E-state index contributed by atoms with van der Waals surface area (Å²) in [6.07, 6.45) is 11.1. The molecule has 1 N–H and O–H groups in total. The van der Waals surface area contributed by atoms with E-state index in [4.69, 9.17) is 4.74 Å². The first-order chi connectivity index (χ1) is 8.84. The highest BCUT2D eigenvalue weighted by Crippen LogP contribution is 2.33. The minimum atomic E-state index is 0.0531. The average Bonchev–Trinajstić information content (AvgIpc) is 2.47. The minimum absolute atomic E-state index is 0.0531. The zero-order valence-corrected chi connectivity index (χ0v) is 11.0. The lowest BCUT2D eigenvalue weighted by Crippen LogP contribution is -2.52. The molecule has 0 amide bonds. The Morgan fingerprint density at radius 2 is 2.06 bits per heavy atom. The second-order valence-electron chi connectivity index (χ2n) is 5.93. The van der Waals surface area contributed by atoms with Crippen LogP contribution in [0.2, 0.25) is 0 Å². The SMILES string of the molecule is O=C(C1=COCCC1)C1CCC2CCCCC2N1. The number of fused-ring (bicyclic) bond motifs is 1. The second-order valence-corrected chi connectivity index (χ2v) is 5.93. The number of piperidine rings is 1. The molecule has 3 unspecified atom stereocenters. The molecule has 100 valence electrons. The molecule has 0 spiro atoms. The molecular weight excluding hydrogens is 226 g/mol. The maximum absolute atomic E-state index is 12.4. The van der Waals surface area contributed by atoms with E-state index in [1.165, 1.54) is 32.1 Å². The molecule has 1 aliphatic carbocycles. The van der Waals surface area contributed by atoms with E-state index in [2.05, 4.69) is 5.32 Å². The average molecular weight is 249 g/mol. The van der Waals surface area contributed by atoms with Crippen LogP contribution >= 0.6 is 0 Å². The normalized spacial score (nSPS) is 36.2. The van der Waals surface area contributed by atoms with Crippen molar-refractivity contribution in [2.24, 2.45) is 5.92 Å². The third-order valence-electron chi connectivity index (χ3n) is 4.72. The van der Waals surface area contributed by atoms with Crippen molar-refractivity contribution in [1.29, 1.82) is 0 Å². The van der Waals surface area contributed by atoms with Gasteiger partial charge in [0, 0.05) is 11.6 Å². The fourth-order valence-electron chi connectivity index (χ4n) is 3.67. The van der Waals surface area contributed by atoms with Gasteiger partial charge in [0.1, 0.15) is 0 Å². The standard InChI is InChI=1S/C15H23NO2/c17-15(12-5-3-9-18-10-12)14-8-7-11-4-1-2-6-13(11)16-14/h10-11,13-14,16H,1-9H2. The predicted octanol–water partition coefficient (Wildman–Crippen LogP) is 2.56. The van der Waals surface area contributed by atoms with Gasteiger partial charge >= 0.3 is 0 Å². The number of carbonyl (C=O) groups is 1. The number of hydrogen-bond acceptors (Lipinski definition) is 3. The van der Waals surface area contributed by atoms with Gasteiger partial charge in [0.25, 0.3) is 0 Å². The minimum Gasteiger partial charge on any atom is -0.501 e. The van der Waals surface area contributed by atoms with Crippen LogP contribution < -0.4 is 5.32 Å². The largest absolute Gasteiger partial charge is 0.501 e. The predicted molar refractivity (Wildman–Crippen MR) is 70.2 cm³/mol. The van der Waals surface area contributed by atoms with Crippen molar-refractivity contribution in [1.82, 2.24) is 5.32 Å². The van der Waals surface area contributed by atoms with Crippen LogP contribution in [0.5, 0.6) is 0 Å². The van der Waals surface area contributed by atoms with Crippen LogP contribution in [-0.2, 0) is 9.53 Å². The Labute approximate surface area is 109 Å². The molecule has 0 bridgehead atoms. The molecule has 1 saturated heterocycles. The molecule has 3 rings (SSSR count). The summed E-state index contributed by atoms with van der Waals surface area (Å²) in [6.45, 7) is 0.763. The van der Waals surface area contributed by atoms with Crippen molar-refractivity contribution in [2.45, 2.75) is 63.5 Å². The van der Waals surface area contributed by atoms with Crippen LogP contribution in [0.1, 0.15) is 51.4 Å². The summed E-state index contributed by atoms with van der Waals surface area (Å²) in [5, 5.41) is 3.61. The molecule has 18 heavy (non-hydrogen) atoms. The lowest BCUT2D eigenvalue weighted by Gasteiger charge is -2.40. The van der Waals surface area contributed by atoms with Crippen LogP contribution in [-0.4, -0.2) is 24.5 Å². The number of Topliss-reactive ketones (excluding diaryl/α,β-unsaturated/α-hetero) is 1. The third-order valence-corrected chi connectivity index (χ3v) is 4.72. The van der Waals surface area contributed by atoms with Gasteiger partial charge in [-0.25, -0.2) is 0 Å². The molecule has 0 aromatic rings. The van der Waals surface area contributed by atoms with Gasteiger partial charge in [-0.15, -0.1) is 0 Å². The van der Waals surface area contributed by atoms with E-state index >= 15 is 0 Å². The molecule has 3 atom stereocenters. The zero-order valence-electron chi connectivity index (χ0n) is 11.0. The Kier molecular flexibility index (Phi) is 3.69. The smallest absolute Gasteiger partial charge is 0.178 e. The highest BCUT2D eigenvalue weighted by molar-refractivity contribution is 5.99. The van der Waals surface area contributed by atoms with Crippen LogP contribution in [0, 0.1) is 5.92 Å². The lowest BCUT2D eigenvalue weighted by molar-refractivity contribution is -0.119. The molecule has 2 aliphatic heterocycles. The Morgan fingerprint density at radius 1 is 1.17 bits per heavy atom. The molecule has 0 radical (unpaired) electrons. The molecular formula is C15H23NO2. The monoisotopic (exact) mass is 249 g/mol. The van der Waals surface area contributed by atoms with Gasteiger partial charge in [0.15, 0.2) is 5.78 Å². The van der Waals surface area contributed by atoms with Crippen LogP contribution in [0.15, 0.2) is 11.8 Å². The van der Waals surface area contributed by atoms with Crippen molar-refractivity contribution < 1.29 is 9.53 Å². The van der Waals surface area contributed by atoms with Crippen molar-refractivity contribution in [3.8, 4) is 0 Å². The third kappa shape index (κ3) is 2.46. The molecule has 3 aliphatic rings. The first-order valence-electron chi connectivity index (χ1n) is 7.45. The molecule has 2 heterocycles. The van der Waals surface area contributed by atoms with E-state index in [1.54, 1.807) is 6.26 Å². The van der Waals surface area contributed by atoms with Crippen molar-refractivity contribution in [3.63, 3.8) is 0 Å². The molecule has 0 aromatic carbocycles. The van der Waals surface area contributed by atoms with Crippen LogP contribution in [0.4, 0.5) is 0 Å². The van der Waals surface area contributed by atoms with Gasteiger partial charge < -0.3 is 10.1 Å². The number of nitrogens with one attached hydrogen (secondary N) is 1. The maximum atomic E-state index is 12.4. The maximum Gasteiger partial charge on any atom is 0.178 e. The number of rotatable bonds is 2. The fourth-order valence-corrected chi connectivity index (χ4v) is 3.67. The first-order valence-corrected chi connectivity index (χ1v) is 7.45. The van der Waals surface area contributed by atoms with Gasteiger partial charge in [-0.3, -0.25) is 4.79 Å². The Morgan fingerprint density at radius 3 is 2.89 bits per heavy atom. The zero-order chi connectivity index (χ0) is 12.4. The van der Waals surface area contributed by atoms with Gasteiger partial charge in [0.05, 0.1) is 18.9 Å². The Bertz CT molecular complexity index is 350. The molecule has 3 heteroatoms. The summed E-state index contributed by atoms with van der Waals surface area (Å²) in [5.74, 6) is 1.11. The summed E-state index contributed by atoms with van der Waals surface area (Å²) in [6, 6.07) is 0.642. The molecule has 2 fully saturated rings. The first kappa shape index (κ1) is 12.2. The van der Waals surface area contributed by atoms with Crippen molar-refractivity contribution in [2.75, 3.05) is 6.61 Å². The van der Waals surface area contributed by atoms with Gasteiger partial charge in [-0.2, -0.15) is 0 Å². The van der Waals surface area contributed by atoms with E-state index < -0.39 is 0 Å². The van der Waals surface area contributed by atoms with Crippen LogP contribution in [0.3, 0.4) is 0 Å². The number of ether oxygens (including phenoxy) is 1. The number of hydrogen-bond donors (Lipinski definition) is 1. The molecule has 1 saturated carbocycles. The van der Waals surface area contributed by atoms with Gasteiger partial charge in [-0.05, 0) is 44.4 Å². The summed E-state index contributed by atoms with van der Waals surface area (Å²) < 4.78 is 5.29. The highest BCUT2D eigenvalue weighted by Gasteiger charge is 2.35. The summed E-state index contributed by atoms with van der Waals surface area (Å²) in [5.41, 5.74) is 0.896. The second kappa shape index (κ2) is 5.43. The highest BCUT2D eigenvalue weighted by atomic mass is 16.5. The van der Waals surface area contributed by atoms with E-state index in [0.29, 0.717) is 11.8 Å². The van der Waals surface area contributed by atoms with Crippen molar-refractivity contribution >= 4 is 5.78 Å². The summed E-state index contributed by atoms with van der Waals surface area (Å²) in [4.78, 5) is 12.4. The molecule has 0 aromatic heterocycles. The summed E-state index contributed by atoms with van der Waals surface area (Å²) >= 11 is 0. The van der Waals surface area contributed by atoms with Crippen molar-refractivity contribution in [3.05, 3.63) is 11.8 Å². The summed E-state index contributed by atoms with van der Waals surface area (Å²) in [7, 11) is 0. The lowest BCUT2D eigenvalue weighted by atomic mass is 9.76. The van der Waals surface area contributed by atoms with Crippen LogP contribution in [0.25, 0.3) is 0 Å². The quantitative estimate of drug-likeness (QED) is 0.817. The van der Waals surface area contributed by atoms with E-state index in [0.717, 1.165) is 37.4 Å². The van der Waals surface area contributed by atoms with E-state index in [9.17, 15) is 4.79 Å². The topological polar surface area (TPSA) is 38.3 Å². The van der Waals surface area contributed by atoms with E-state index in [1.807, 2.05) is 0 Å². The Hall–Kier alpha value is -0.830. The Balaban J connectivity index is 1.63.